The Morgan fingerprint density at radius 1 is 1.33 bits per heavy atom. The zero-order valence-electron chi connectivity index (χ0n) is 7.38. The highest BCUT2D eigenvalue weighted by molar-refractivity contribution is 5.54. The average Bonchev–Trinajstić information content (AvgIpc) is 2.18. The highest BCUT2D eigenvalue weighted by Crippen LogP contribution is 2.25. The van der Waals surface area contributed by atoms with Crippen LogP contribution in [-0.2, 0) is 11.0 Å². The molecule has 0 atom stereocenters. The fourth-order valence-corrected chi connectivity index (χ4v) is 0.734. The van der Waals surface area contributed by atoms with Crippen LogP contribution in [0.25, 0.3) is 0 Å². The molecule has 6 heteroatoms. The normalized spacial score (nSPS) is 10.3. The molecule has 78 valence electrons. The first-order chi connectivity index (χ1) is 7.04. The maximum absolute atomic E-state index is 12.0. The first-order valence-corrected chi connectivity index (χ1v) is 3.86. The lowest BCUT2D eigenvalue weighted by atomic mass is 10.3. The summed E-state index contributed by atoms with van der Waals surface area (Å²) in [5, 5.41) is 0. The highest BCUT2D eigenvalue weighted by Gasteiger charge is 2.34. The molecule has 0 aliphatic carbocycles. The molecule has 1 heterocycles. The molecular formula is C9H5F3N2O. The van der Waals surface area contributed by atoms with Crippen LogP contribution in [0.2, 0.25) is 0 Å². The lowest BCUT2D eigenvalue weighted by molar-refractivity contribution is -0.145. The Kier molecular flexibility index (Phi) is 3.39. The molecule has 3 nitrogen and oxygen atoms in total. The van der Waals surface area contributed by atoms with Crippen molar-refractivity contribution in [3.05, 3.63) is 23.8 Å². The maximum atomic E-state index is 12.0. The molecule has 0 saturated carbocycles. The van der Waals surface area contributed by atoms with E-state index in [1.54, 1.807) is 0 Å². The van der Waals surface area contributed by atoms with Crippen LogP contribution < -0.4 is 0 Å². The van der Waals surface area contributed by atoms with Crippen LogP contribution >= 0.6 is 0 Å². The number of alkyl halides is 3. The van der Waals surface area contributed by atoms with Crippen LogP contribution in [0.15, 0.2) is 12.4 Å². The lowest BCUT2D eigenvalue weighted by Gasteiger charge is -2.02. The van der Waals surface area contributed by atoms with Gasteiger partial charge in [0.15, 0.2) is 0 Å². The molecule has 0 N–H and O–H groups in total. The predicted octanol–water partition coefficient (Wildman–Crippen LogP) is 1.44. The molecule has 1 rings (SSSR count). The summed E-state index contributed by atoms with van der Waals surface area (Å²) in [7, 11) is 0. The van der Waals surface area contributed by atoms with Crippen LogP contribution in [0.5, 0.6) is 0 Å². The summed E-state index contributed by atoms with van der Waals surface area (Å²) in [5.41, 5.74) is 0.241. The third-order valence-corrected chi connectivity index (χ3v) is 1.32. The Balaban J connectivity index is 2.83. The third kappa shape index (κ3) is 3.38. The number of carbonyl (C=O) groups excluding carboxylic acids is 1. The monoisotopic (exact) mass is 214 g/mol. The molecule has 0 spiro atoms. The average molecular weight is 214 g/mol. The quantitative estimate of drug-likeness (QED) is 0.524. The first-order valence-electron chi connectivity index (χ1n) is 3.86. The summed E-state index contributed by atoms with van der Waals surface area (Å²) in [6.45, 7) is 0. The van der Waals surface area contributed by atoms with Gasteiger partial charge in [0.05, 0.1) is 12.0 Å². The van der Waals surface area contributed by atoms with Gasteiger partial charge in [0.1, 0.15) is 6.29 Å². The second-order valence-electron chi connectivity index (χ2n) is 2.47. The van der Waals surface area contributed by atoms with Crippen LogP contribution in [0.3, 0.4) is 0 Å². The number of aldehydes is 1. The van der Waals surface area contributed by atoms with E-state index < -0.39 is 12.0 Å². The Morgan fingerprint density at radius 3 is 2.40 bits per heavy atom. The minimum atomic E-state index is -4.55. The van der Waals surface area contributed by atoms with Crippen molar-refractivity contribution in [2.75, 3.05) is 0 Å². The summed E-state index contributed by atoms with van der Waals surface area (Å²) in [5.74, 6) is 3.68. The van der Waals surface area contributed by atoms with Crippen molar-refractivity contribution in [2.24, 2.45) is 0 Å². The molecule has 0 bridgehead atoms. The van der Waals surface area contributed by atoms with E-state index in [1.165, 1.54) is 0 Å². The number of rotatable bonds is 1. The van der Waals surface area contributed by atoms with Crippen molar-refractivity contribution < 1.29 is 18.0 Å². The predicted molar refractivity (Wildman–Crippen MR) is 44.6 cm³/mol. The highest BCUT2D eigenvalue weighted by atomic mass is 19.4. The molecule has 0 radical (unpaired) electrons. The zero-order chi connectivity index (χ0) is 11.3. The minimum Gasteiger partial charge on any atom is -0.302 e. The Morgan fingerprint density at radius 2 is 1.93 bits per heavy atom. The van der Waals surface area contributed by atoms with E-state index in [9.17, 15) is 18.0 Å². The molecular weight excluding hydrogens is 209 g/mol. The van der Waals surface area contributed by atoms with Crippen LogP contribution in [0.1, 0.15) is 17.8 Å². The van der Waals surface area contributed by atoms with E-state index in [0.29, 0.717) is 6.29 Å². The Bertz CT molecular complexity index is 400. The number of carbonyl (C=O) groups is 1. The summed E-state index contributed by atoms with van der Waals surface area (Å²) < 4.78 is 36.1. The van der Waals surface area contributed by atoms with Crippen molar-refractivity contribution in [3.8, 4) is 11.8 Å². The number of halogens is 3. The smallest absolute Gasteiger partial charge is 0.302 e. The van der Waals surface area contributed by atoms with Gasteiger partial charge in [-0.1, -0.05) is 11.8 Å². The zero-order valence-corrected chi connectivity index (χ0v) is 7.38. The molecule has 1 aromatic rings. The molecule has 0 saturated heterocycles. The third-order valence-electron chi connectivity index (χ3n) is 1.32. The van der Waals surface area contributed by atoms with Gasteiger partial charge < -0.3 is 4.79 Å². The molecule has 0 aliphatic heterocycles. The number of aromatic nitrogens is 2. The van der Waals surface area contributed by atoms with Crippen LogP contribution in [0, 0.1) is 11.8 Å². The fraction of sp³-hybridized carbons (Fsp3) is 0.222. The molecule has 1 aromatic heterocycles. The first kappa shape index (κ1) is 11.2. The number of nitrogens with zero attached hydrogens (tertiary/aromatic N) is 2. The number of hydrogen-bond acceptors (Lipinski definition) is 3. The van der Waals surface area contributed by atoms with Gasteiger partial charge in [-0.05, 0) is 0 Å². The standard InChI is InChI=1S/C9H5F3N2O/c10-9(11,12)8-13-5-7(6-14-8)3-1-2-4-15/h4-6H,2H2. The van der Waals surface area contributed by atoms with Gasteiger partial charge >= 0.3 is 6.18 Å². The van der Waals surface area contributed by atoms with Crippen molar-refractivity contribution in [3.63, 3.8) is 0 Å². The summed E-state index contributed by atoms with van der Waals surface area (Å²) in [6, 6.07) is 0. The van der Waals surface area contributed by atoms with Crippen molar-refractivity contribution in [1.82, 2.24) is 9.97 Å². The molecule has 0 aromatic carbocycles. The van der Waals surface area contributed by atoms with Gasteiger partial charge in [0, 0.05) is 12.4 Å². The van der Waals surface area contributed by atoms with Crippen molar-refractivity contribution in [1.29, 1.82) is 0 Å². The van der Waals surface area contributed by atoms with Crippen molar-refractivity contribution >= 4 is 6.29 Å². The van der Waals surface area contributed by atoms with E-state index in [-0.39, 0.29) is 12.0 Å². The van der Waals surface area contributed by atoms with E-state index in [1.807, 2.05) is 0 Å². The molecule has 0 unspecified atom stereocenters. The topological polar surface area (TPSA) is 42.9 Å². The maximum Gasteiger partial charge on any atom is 0.451 e. The Hall–Kier alpha value is -1.90. The molecule has 0 amide bonds. The largest absolute Gasteiger partial charge is 0.451 e. The van der Waals surface area contributed by atoms with Gasteiger partial charge in [-0.15, -0.1) is 0 Å². The fourth-order valence-electron chi connectivity index (χ4n) is 0.734. The molecule has 15 heavy (non-hydrogen) atoms. The SMILES string of the molecule is O=CCC#Cc1cnc(C(F)(F)F)nc1. The van der Waals surface area contributed by atoms with E-state index in [2.05, 4.69) is 21.8 Å². The molecule has 0 fully saturated rings. The summed E-state index contributed by atoms with van der Waals surface area (Å²) in [4.78, 5) is 16.1. The van der Waals surface area contributed by atoms with E-state index in [4.69, 9.17) is 0 Å². The van der Waals surface area contributed by atoms with Gasteiger partial charge in [0.2, 0.25) is 5.82 Å². The summed E-state index contributed by atoms with van der Waals surface area (Å²) >= 11 is 0. The minimum absolute atomic E-state index is 0.0288. The lowest BCUT2D eigenvalue weighted by Crippen LogP contribution is -2.10. The van der Waals surface area contributed by atoms with Gasteiger partial charge in [-0.25, -0.2) is 9.97 Å². The van der Waals surface area contributed by atoms with Gasteiger partial charge in [-0.2, -0.15) is 13.2 Å². The second kappa shape index (κ2) is 4.55. The van der Waals surface area contributed by atoms with Crippen molar-refractivity contribution in [2.45, 2.75) is 12.6 Å². The summed E-state index contributed by atoms with van der Waals surface area (Å²) in [6.07, 6.45) is -1.99. The van der Waals surface area contributed by atoms with Gasteiger partial charge in [-0.3, -0.25) is 0 Å². The van der Waals surface area contributed by atoms with Gasteiger partial charge in [0.25, 0.3) is 0 Å². The Labute approximate surface area is 83.4 Å². The van der Waals surface area contributed by atoms with E-state index >= 15 is 0 Å². The second-order valence-corrected chi connectivity index (χ2v) is 2.47. The molecule has 0 aliphatic rings. The van der Waals surface area contributed by atoms with Crippen LogP contribution in [-0.4, -0.2) is 16.3 Å². The number of hydrogen-bond donors (Lipinski definition) is 0. The van der Waals surface area contributed by atoms with E-state index in [0.717, 1.165) is 12.4 Å². The van der Waals surface area contributed by atoms with Crippen LogP contribution in [0.4, 0.5) is 13.2 Å².